The normalized spacial score (nSPS) is 22.2. The average molecular weight is 282 g/mol. The molecule has 19 heavy (non-hydrogen) atoms. The Morgan fingerprint density at radius 3 is 2.63 bits per heavy atom. The van der Waals surface area contributed by atoms with Gasteiger partial charge in [-0.15, -0.1) is 0 Å². The molecule has 1 aromatic carbocycles. The van der Waals surface area contributed by atoms with Gasteiger partial charge in [0.25, 0.3) is 0 Å². The van der Waals surface area contributed by atoms with Gasteiger partial charge in [0, 0.05) is 11.3 Å². The van der Waals surface area contributed by atoms with Gasteiger partial charge >= 0.3 is 0 Å². The Morgan fingerprint density at radius 1 is 1.37 bits per heavy atom. The minimum absolute atomic E-state index is 0.00598. The second-order valence-corrected chi connectivity index (χ2v) is 6.12. The van der Waals surface area contributed by atoms with Gasteiger partial charge in [-0.2, -0.15) is 17.0 Å². The number of nitrogens with zero attached hydrogens (tertiary/aromatic N) is 1. The molecular weight excluding hydrogens is 266 g/mol. The maximum atomic E-state index is 13.8. The maximum Gasteiger partial charge on any atom is 0.150 e. The molecule has 1 fully saturated rings. The molecule has 1 N–H and O–H groups in total. The van der Waals surface area contributed by atoms with Crippen LogP contribution in [0, 0.1) is 23.0 Å². The molecule has 5 heteroatoms. The molecule has 2 unspecified atom stereocenters. The number of anilines is 1. The van der Waals surface area contributed by atoms with Crippen molar-refractivity contribution in [3.8, 4) is 6.07 Å². The number of hydrogen-bond donors (Lipinski definition) is 1. The van der Waals surface area contributed by atoms with E-state index >= 15 is 0 Å². The number of nitrogens with one attached hydrogen (secondary N) is 1. The third kappa shape index (κ3) is 3.19. The average Bonchev–Trinajstić information content (AvgIpc) is 2.81. The molecule has 2 atom stereocenters. The SMILES string of the molecule is CCSC1CCCC1Nc1c(F)cc(C#N)cc1F. The van der Waals surface area contributed by atoms with Crippen molar-refractivity contribution >= 4 is 17.4 Å². The zero-order valence-electron chi connectivity index (χ0n) is 10.7. The largest absolute Gasteiger partial charge is 0.376 e. The molecular formula is C14H16F2N2S. The fourth-order valence-electron chi connectivity index (χ4n) is 2.47. The van der Waals surface area contributed by atoms with Crippen LogP contribution in [-0.2, 0) is 0 Å². The van der Waals surface area contributed by atoms with E-state index in [4.69, 9.17) is 5.26 Å². The maximum absolute atomic E-state index is 13.8. The highest BCUT2D eigenvalue weighted by Gasteiger charge is 2.28. The van der Waals surface area contributed by atoms with Crippen LogP contribution in [0.2, 0.25) is 0 Å². The molecule has 0 saturated heterocycles. The lowest BCUT2D eigenvalue weighted by Gasteiger charge is -2.22. The number of thioether (sulfide) groups is 1. The van der Waals surface area contributed by atoms with Gasteiger partial charge in [-0.25, -0.2) is 8.78 Å². The Labute approximate surface area is 116 Å². The summed E-state index contributed by atoms with van der Waals surface area (Å²) >= 11 is 1.83. The van der Waals surface area contributed by atoms with Crippen molar-refractivity contribution in [2.24, 2.45) is 0 Å². The van der Waals surface area contributed by atoms with Crippen molar-refractivity contribution < 1.29 is 8.78 Å². The summed E-state index contributed by atoms with van der Waals surface area (Å²) in [5.74, 6) is -0.381. The van der Waals surface area contributed by atoms with Crippen LogP contribution in [0.4, 0.5) is 14.5 Å². The lowest BCUT2D eigenvalue weighted by molar-refractivity contribution is 0.581. The fourth-order valence-corrected chi connectivity index (χ4v) is 3.66. The lowest BCUT2D eigenvalue weighted by atomic mass is 10.1. The first-order chi connectivity index (χ1) is 9.15. The first-order valence-electron chi connectivity index (χ1n) is 6.43. The molecule has 1 aliphatic rings. The van der Waals surface area contributed by atoms with E-state index in [1.165, 1.54) is 0 Å². The van der Waals surface area contributed by atoms with Gasteiger partial charge in [-0.05, 0) is 30.7 Å². The summed E-state index contributed by atoms with van der Waals surface area (Å²) in [5, 5.41) is 12.1. The molecule has 1 aromatic rings. The summed E-state index contributed by atoms with van der Waals surface area (Å²) in [5.41, 5.74) is -0.0981. The van der Waals surface area contributed by atoms with E-state index in [0.29, 0.717) is 5.25 Å². The Kier molecular flexibility index (Phi) is 4.65. The highest BCUT2D eigenvalue weighted by atomic mass is 32.2. The van der Waals surface area contributed by atoms with Gasteiger partial charge in [0.1, 0.15) is 5.69 Å². The smallest absolute Gasteiger partial charge is 0.150 e. The summed E-state index contributed by atoms with van der Waals surface area (Å²) in [6, 6.07) is 3.99. The van der Waals surface area contributed by atoms with Crippen LogP contribution in [-0.4, -0.2) is 17.0 Å². The van der Waals surface area contributed by atoms with Crippen LogP contribution < -0.4 is 5.32 Å². The number of rotatable bonds is 4. The predicted octanol–water partition coefficient (Wildman–Crippen LogP) is 3.92. The van der Waals surface area contributed by atoms with E-state index in [1.807, 2.05) is 11.8 Å². The van der Waals surface area contributed by atoms with Gasteiger partial charge in [0.05, 0.1) is 11.6 Å². The highest BCUT2D eigenvalue weighted by Crippen LogP contribution is 2.33. The van der Waals surface area contributed by atoms with E-state index in [2.05, 4.69) is 12.2 Å². The second-order valence-electron chi connectivity index (χ2n) is 4.60. The van der Waals surface area contributed by atoms with Gasteiger partial charge in [-0.3, -0.25) is 0 Å². The van der Waals surface area contributed by atoms with Gasteiger partial charge in [0.15, 0.2) is 11.6 Å². The fraction of sp³-hybridized carbons (Fsp3) is 0.500. The molecule has 1 saturated carbocycles. The molecule has 0 spiro atoms. The Hall–Kier alpha value is -1.28. The van der Waals surface area contributed by atoms with Crippen LogP contribution in [0.3, 0.4) is 0 Å². The molecule has 0 amide bonds. The monoisotopic (exact) mass is 282 g/mol. The molecule has 2 rings (SSSR count). The molecule has 0 radical (unpaired) electrons. The van der Waals surface area contributed by atoms with Crippen LogP contribution in [0.5, 0.6) is 0 Å². The van der Waals surface area contributed by atoms with Gasteiger partial charge < -0.3 is 5.32 Å². The van der Waals surface area contributed by atoms with E-state index in [1.54, 1.807) is 6.07 Å². The van der Waals surface area contributed by atoms with Crippen molar-refractivity contribution in [2.75, 3.05) is 11.1 Å². The third-order valence-electron chi connectivity index (χ3n) is 3.33. The Balaban J connectivity index is 2.17. The first kappa shape index (κ1) is 14.1. The van der Waals surface area contributed by atoms with E-state index in [0.717, 1.165) is 37.1 Å². The Morgan fingerprint density at radius 2 is 2.05 bits per heavy atom. The predicted molar refractivity (Wildman–Crippen MR) is 74.3 cm³/mol. The molecule has 1 aliphatic carbocycles. The van der Waals surface area contributed by atoms with Crippen LogP contribution in [0.15, 0.2) is 12.1 Å². The summed E-state index contributed by atoms with van der Waals surface area (Å²) in [6.07, 6.45) is 3.08. The quantitative estimate of drug-likeness (QED) is 0.909. The molecule has 0 bridgehead atoms. The summed E-state index contributed by atoms with van der Waals surface area (Å²) in [4.78, 5) is 0. The molecule has 0 aromatic heterocycles. The second kappa shape index (κ2) is 6.25. The number of benzene rings is 1. The minimum Gasteiger partial charge on any atom is -0.376 e. The number of hydrogen-bond acceptors (Lipinski definition) is 3. The number of nitriles is 1. The van der Waals surface area contributed by atoms with E-state index < -0.39 is 11.6 Å². The zero-order chi connectivity index (χ0) is 13.8. The van der Waals surface area contributed by atoms with Crippen molar-refractivity contribution in [1.29, 1.82) is 5.26 Å². The number of halogens is 2. The topological polar surface area (TPSA) is 35.8 Å². The first-order valence-corrected chi connectivity index (χ1v) is 7.48. The summed E-state index contributed by atoms with van der Waals surface area (Å²) < 4.78 is 27.6. The van der Waals surface area contributed by atoms with Gasteiger partial charge in [-0.1, -0.05) is 13.3 Å². The van der Waals surface area contributed by atoms with Crippen molar-refractivity contribution in [3.05, 3.63) is 29.3 Å². The molecule has 2 nitrogen and oxygen atoms in total. The molecule has 102 valence electrons. The molecule has 0 aliphatic heterocycles. The van der Waals surface area contributed by atoms with Crippen LogP contribution >= 0.6 is 11.8 Å². The van der Waals surface area contributed by atoms with E-state index in [-0.39, 0.29) is 17.3 Å². The lowest BCUT2D eigenvalue weighted by Crippen LogP contribution is -2.27. The standard InChI is InChI=1S/C14H16F2N2S/c1-2-19-13-5-3-4-12(13)18-14-10(15)6-9(8-17)7-11(14)16/h6-7,12-13,18H,2-5H2,1H3. The minimum atomic E-state index is -0.691. The van der Waals surface area contributed by atoms with Crippen molar-refractivity contribution in [3.63, 3.8) is 0 Å². The van der Waals surface area contributed by atoms with Crippen molar-refractivity contribution in [2.45, 2.75) is 37.5 Å². The zero-order valence-corrected chi connectivity index (χ0v) is 11.6. The van der Waals surface area contributed by atoms with E-state index in [9.17, 15) is 8.78 Å². The van der Waals surface area contributed by atoms with Gasteiger partial charge in [0.2, 0.25) is 0 Å². The highest BCUT2D eigenvalue weighted by molar-refractivity contribution is 7.99. The molecule has 0 heterocycles. The van der Waals surface area contributed by atoms with Crippen LogP contribution in [0.1, 0.15) is 31.7 Å². The third-order valence-corrected chi connectivity index (χ3v) is 4.66. The van der Waals surface area contributed by atoms with Crippen molar-refractivity contribution in [1.82, 2.24) is 0 Å². The summed E-state index contributed by atoms with van der Waals surface area (Å²) in [7, 11) is 0. The Bertz CT molecular complexity index is 476. The summed E-state index contributed by atoms with van der Waals surface area (Å²) in [6.45, 7) is 2.09. The van der Waals surface area contributed by atoms with Crippen LogP contribution in [0.25, 0.3) is 0 Å².